The molecule has 1 unspecified atom stereocenters. The van der Waals surface area contributed by atoms with Crippen LogP contribution in [0.5, 0.6) is 0 Å². The summed E-state index contributed by atoms with van der Waals surface area (Å²) in [6.45, 7) is 0. The van der Waals surface area contributed by atoms with Gasteiger partial charge in [-0.25, -0.2) is 9.89 Å². The molecular weight excluding hydrogens is 382 g/mol. The number of rotatable bonds is 4. The van der Waals surface area contributed by atoms with E-state index in [0.717, 1.165) is 35.2 Å². The Morgan fingerprint density at radius 3 is 2.31 bits per heavy atom. The zero-order chi connectivity index (χ0) is 20.0. The molecule has 1 heterocycles. The van der Waals surface area contributed by atoms with Crippen molar-refractivity contribution in [2.24, 2.45) is 16.6 Å². The molecule has 0 aromatic heterocycles. The minimum absolute atomic E-state index is 0.0769. The van der Waals surface area contributed by atoms with Gasteiger partial charge in [-0.1, -0.05) is 60.1 Å². The number of halogens is 1. The van der Waals surface area contributed by atoms with Crippen LogP contribution in [-0.2, 0) is 10.3 Å². The number of carbonyl (C=O) groups excluding carboxylic acids is 1. The van der Waals surface area contributed by atoms with E-state index in [-0.39, 0.29) is 17.8 Å². The van der Waals surface area contributed by atoms with Gasteiger partial charge in [0.25, 0.3) is 5.91 Å². The molecule has 0 radical (unpaired) electrons. The van der Waals surface area contributed by atoms with Gasteiger partial charge in [0.05, 0.1) is 5.69 Å². The molecule has 1 fully saturated rings. The van der Waals surface area contributed by atoms with Crippen molar-refractivity contribution in [1.29, 1.82) is 0 Å². The predicted molar refractivity (Wildman–Crippen MR) is 117 cm³/mol. The second kappa shape index (κ2) is 6.75. The summed E-state index contributed by atoms with van der Waals surface area (Å²) >= 11 is 6.18. The van der Waals surface area contributed by atoms with Crippen LogP contribution in [0.1, 0.15) is 18.4 Å². The topological polar surface area (TPSA) is 58.7 Å². The highest BCUT2D eigenvalue weighted by molar-refractivity contribution is 6.30. The monoisotopic (exact) mass is 401 g/mol. The summed E-state index contributed by atoms with van der Waals surface area (Å²) in [5, 5.41) is 0.680. The van der Waals surface area contributed by atoms with E-state index in [4.69, 9.17) is 22.3 Å². The molecule has 0 spiro atoms. The van der Waals surface area contributed by atoms with E-state index < -0.39 is 5.54 Å². The van der Waals surface area contributed by atoms with Crippen molar-refractivity contribution < 1.29 is 4.79 Å². The number of hydrogen-bond donors (Lipinski definition) is 1. The highest BCUT2D eigenvalue weighted by atomic mass is 35.5. The Kier molecular flexibility index (Phi) is 4.18. The summed E-state index contributed by atoms with van der Waals surface area (Å²) in [6, 6.07) is 25.2. The first-order valence-corrected chi connectivity index (χ1v) is 10.1. The quantitative estimate of drug-likeness (QED) is 0.670. The average Bonchev–Trinajstić information content (AvgIpc) is 3.55. The zero-order valence-corrected chi connectivity index (χ0v) is 16.5. The highest BCUT2D eigenvalue weighted by Crippen LogP contribution is 2.52. The zero-order valence-electron chi connectivity index (χ0n) is 15.8. The molecule has 1 aliphatic carbocycles. The van der Waals surface area contributed by atoms with E-state index in [1.54, 1.807) is 4.90 Å². The Balaban J connectivity index is 1.62. The number of amides is 1. The molecule has 1 atom stereocenters. The Morgan fingerprint density at radius 2 is 1.62 bits per heavy atom. The molecule has 29 heavy (non-hydrogen) atoms. The van der Waals surface area contributed by atoms with Crippen molar-refractivity contribution in [3.8, 4) is 11.1 Å². The summed E-state index contributed by atoms with van der Waals surface area (Å²) in [6.07, 6.45) is 1.93. The SMILES string of the molecule is NC1=NC(c2cccc(-c3cccc(Cl)c3)c2)(C2CC2)C(=O)N1c1ccccc1. The number of benzene rings is 3. The van der Waals surface area contributed by atoms with Crippen molar-refractivity contribution in [2.45, 2.75) is 18.4 Å². The maximum Gasteiger partial charge on any atom is 0.266 e. The Bertz CT molecular complexity index is 1120. The molecule has 0 bridgehead atoms. The fraction of sp³-hybridized carbons (Fsp3) is 0.167. The van der Waals surface area contributed by atoms with Gasteiger partial charge < -0.3 is 5.73 Å². The predicted octanol–water partition coefficient (Wildman–Crippen LogP) is 4.97. The number of para-hydroxylation sites is 1. The molecule has 4 nitrogen and oxygen atoms in total. The molecule has 2 N–H and O–H groups in total. The van der Waals surface area contributed by atoms with Crippen LogP contribution in [0.4, 0.5) is 5.69 Å². The summed E-state index contributed by atoms with van der Waals surface area (Å²) in [7, 11) is 0. The standard InChI is InChI=1S/C24H20ClN3O/c25-20-9-5-7-17(15-20)16-6-4-8-19(14-16)24(18-12-13-18)22(29)28(23(26)27-24)21-10-2-1-3-11-21/h1-11,14-15,18H,12-13H2,(H2,26,27). The van der Waals surface area contributed by atoms with Gasteiger partial charge in [0.2, 0.25) is 5.96 Å². The number of aliphatic imine (C=N–C) groups is 1. The largest absolute Gasteiger partial charge is 0.369 e. The first-order valence-electron chi connectivity index (χ1n) is 9.71. The minimum Gasteiger partial charge on any atom is -0.369 e. The Hall–Kier alpha value is -3.11. The Morgan fingerprint density at radius 1 is 0.931 bits per heavy atom. The third-order valence-corrected chi connectivity index (χ3v) is 5.93. The van der Waals surface area contributed by atoms with E-state index in [1.165, 1.54) is 0 Å². The molecule has 5 heteroatoms. The van der Waals surface area contributed by atoms with Crippen molar-refractivity contribution in [2.75, 3.05) is 4.90 Å². The lowest BCUT2D eigenvalue weighted by atomic mass is 9.83. The van der Waals surface area contributed by atoms with Gasteiger partial charge in [-0.15, -0.1) is 0 Å². The first kappa shape index (κ1) is 18.0. The van der Waals surface area contributed by atoms with Gasteiger partial charge in [-0.2, -0.15) is 0 Å². The third-order valence-electron chi connectivity index (χ3n) is 5.69. The van der Waals surface area contributed by atoms with Crippen LogP contribution in [-0.4, -0.2) is 11.9 Å². The van der Waals surface area contributed by atoms with E-state index in [0.29, 0.717) is 5.02 Å². The second-order valence-corrected chi connectivity index (χ2v) is 8.01. The summed E-state index contributed by atoms with van der Waals surface area (Å²) in [5.74, 6) is 0.338. The van der Waals surface area contributed by atoms with Gasteiger partial charge in [-0.3, -0.25) is 4.79 Å². The molecule has 5 rings (SSSR count). The third kappa shape index (κ3) is 2.91. The molecule has 3 aromatic carbocycles. The van der Waals surface area contributed by atoms with Crippen LogP contribution >= 0.6 is 11.6 Å². The van der Waals surface area contributed by atoms with Crippen LogP contribution in [0.2, 0.25) is 5.02 Å². The summed E-state index contributed by atoms with van der Waals surface area (Å²) < 4.78 is 0. The minimum atomic E-state index is -0.964. The molecule has 3 aromatic rings. The second-order valence-electron chi connectivity index (χ2n) is 7.58. The smallest absolute Gasteiger partial charge is 0.266 e. The lowest BCUT2D eigenvalue weighted by Gasteiger charge is -2.27. The number of carbonyl (C=O) groups is 1. The average molecular weight is 402 g/mol. The fourth-order valence-electron chi connectivity index (χ4n) is 4.17. The lowest BCUT2D eigenvalue weighted by Crippen LogP contribution is -2.44. The van der Waals surface area contributed by atoms with Crippen LogP contribution < -0.4 is 10.6 Å². The number of nitrogens with two attached hydrogens (primary N) is 1. The number of hydrogen-bond acceptors (Lipinski definition) is 3. The number of guanidine groups is 1. The molecule has 1 saturated carbocycles. The van der Waals surface area contributed by atoms with Crippen LogP contribution in [0.3, 0.4) is 0 Å². The van der Waals surface area contributed by atoms with Crippen molar-refractivity contribution in [3.63, 3.8) is 0 Å². The fourth-order valence-corrected chi connectivity index (χ4v) is 4.36. The first-order chi connectivity index (χ1) is 14.1. The summed E-state index contributed by atoms with van der Waals surface area (Å²) in [5.41, 5.74) is 8.96. The van der Waals surface area contributed by atoms with E-state index in [1.807, 2.05) is 78.9 Å². The normalized spacial score (nSPS) is 21.3. The maximum absolute atomic E-state index is 13.7. The summed E-state index contributed by atoms with van der Waals surface area (Å²) in [4.78, 5) is 20.1. The number of nitrogens with zero attached hydrogens (tertiary/aromatic N) is 2. The molecule has 1 aliphatic heterocycles. The van der Waals surface area contributed by atoms with Gasteiger partial charge in [0, 0.05) is 5.02 Å². The van der Waals surface area contributed by atoms with E-state index in [9.17, 15) is 4.79 Å². The van der Waals surface area contributed by atoms with E-state index >= 15 is 0 Å². The molecule has 0 saturated heterocycles. The van der Waals surface area contributed by atoms with Crippen molar-refractivity contribution in [1.82, 2.24) is 0 Å². The van der Waals surface area contributed by atoms with Gasteiger partial charge in [0.1, 0.15) is 0 Å². The molecule has 1 amide bonds. The van der Waals surface area contributed by atoms with Gasteiger partial charge in [0.15, 0.2) is 5.54 Å². The number of anilines is 1. The van der Waals surface area contributed by atoms with Crippen LogP contribution in [0, 0.1) is 5.92 Å². The van der Waals surface area contributed by atoms with Crippen LogP contribution in [0.15, 0.2) is 83.9 Å². The maximum atomic E-state index is 13.7. The molecular formula is C24H20ClN3O. The van der Waals surface area contributed by atoms with Crippen LogP contribution in [0.25, 0.3) is 11.1 Å². The highest BCUT2D eigenvalue weighted by Gasteiger charge is 2.58. The van der Waals surface area contributed by atoms with Gasteiger partial charge >= 0.3 is 0 Å². The van der Waals surface area contributed by atoms with Crippen molar-refractivity contribution in [3.05, 3.63) is 89.4 Å². The lowest BCUT2D eigenvalue weighted by molar-refractivity contribution is -0.122. The van der Waals surface area contributed by atoms with Gasteiger partial charge in [-0.05, 0) is 65.8 Å². The Labute approximate surface area is 174 Å². The van der Waals surface area contributed by atoms with E-state index in [2.05, 4.69) is 0 Å². The van der Waals surface area contributed by atoms with Crippen molar-refractivity contribution >= 4 is 29.2 Å². The molecule has 2 aliphatic rings. The molecule has 144 valence electrons.